The van der Waals surface area contributed by atoms with Crippen LogP contribution in [-0.4, -0.2) is 93.9 Å². The highest BCUT2D eigenvalue weighted by Gasteiger charge is 2.52. The summed E-state index contributed by atoms with van der Waals surface area (Å²) in [7, 11) is -8.08. The van der Waals surface area contributed by atoms with Crippen molar-refractivity contribution in [3.63, 3.8) is 0 Å². The van der Waals surface area contributed by atoms with Crippen molar-refractivity contribution < 1.29 is 35.3 Å². The monoisotopic (exact) mass is 611 g/mol. The fourth-order valence-electron chi connectivity index (χ4n) is 7.43. The van der Waals surface area contributed by atoms with E-state index in [1.165, 1.54) is 32.1 Å². The number of nitrogens with zero attached hydrogens (tertiary/aromatic N) is 2. The summed E-state index contributed by atoms with van der Waals surface area (Å²) in [6, 6.07) is 0.403. The fourth-order valence-corrected chi connectivity index (χ4v) is 10.3. The Balaban J connectivity index is 1.45. The van der Waals surface area contributed by atoms with Crippen LogP contribution in [-0.2, 0) is 25.0 Å². The quantitative estimate of drug-likeness (QED) is 0.228. The van der Waals surface area contributed by atoms with Crippen LogP contribution in [0, 0.1) is 11.8 Å². The highest BCUT2D eigenvalue weighted by molar-refractivity contribution is 8.14. The van der Waals surface area contributed by atoms with Crippen molar-refractivity contribution in [2.75, 3.05) is 24.6 Å². The van der Waals surface area contributed by atoms with E-state index in [-0.39, 0.29) is 35.4 Å². The summed E-state index contributed by atoms with van der Waals surface area (Å²) in [5, 5.41) is 1.55. The van der Waals surface area contributed by atoms with Gasteiger partial charge in [-0.3, -0.25) is 9.11 Å². The van der Waals surface area contributed by atoms with Gasteiger partial charge in [-0.1, -0.05) is 12.8 Å². The first kappa shape index (κ1) is 29.0. The second-order valence-corrected chi connectivity index (χ2v) is 16.6. The molecule has 0 radical (unpaired) electrons. The number of rotatable bonds is 9. The van der Waals surface area contributed by atoms with Gasteiger partial charge in [-0.2, -0.15) is 16.8 Å². The third kappa shape index (κ3) is 6.84. The number of alkyl halides is 1. The molecule has 2 aliphatic heterocycles. The molecule has 2 N–H and O–H groups in total. The lowest BCUT2D eigenvalue weighted by Gasteiger charge is -2.40. The van der Waals surface area contributed by atoms with Crippen LogP contribution in [0.15, 0.2) is 12.0 Å². The molecule has 3 saturated carbocycles. The predicted octanol–water partition coefficient (Wildman–Crippen LogP) is 3.74. The second-order valence-electron chi connectivity index (χ2n) is 11.6. The number of hydrogen-bond acceptors (Lipinski definition) is 7. The third-order valence-electron chi connectivity index (χ3n) is 9.02. The maximum atomic E-state index is 11.5. The Morgan fingerprint density at radius 2 is 1.74 bits per heavy atom. The zero-order valence-corrected chi connectivity index (χ0v) is 24.9. The van der Waals surface area contributed by atoms with E-state index in [0.29, 0.717) is 48.5 Å². The standard InChI is InChI=1S/C25H39ClN2O7S3/c26-18-8-9-21-20(15-18)27(11-3-13-37(29,30)31)23(35-21)16-24-28(12-4-14-38(32,33)34)25-19-6-2-1-5-17(19)7-10-22(25)36-24/h16-22,25H,1-15H2,(H-,29,30,31,32,33,34)/p+1. The van der Waals surface area contributed by atoms with Crippen molar-refractivity contribution in [1.82, 2.24) is 4.90 Å². The van der Waals surface area contributed by atoms with Gasteiger partial charge in [0.2, 0.25) is 5.04 Å². The van der Waals surface area contributed by atoms with Crippen LogP contribution >= 0.6 is 23.4 Å². The average Bonchev–Trinajstić information content (AvgIpc) is 3.35. The van der Waals surface area contributed by atoms with Gasteiger partial charge in [-0.05, 0) is 69.0 Å². The Morgan fingerprint density at radius 3 is 2.50 bits per heavy atom. The van der Waals surface area contributed by atoms with Crippen molar-refractivity contribution in [2.24, 2.45) is 11.8 Å². The Labute approximate surface area is 235 Å². The number of hydrogen-bond donors (Lipinski definition) is 2. The number of fused-ring (bicyclic) bond motifs is 4. The third-order valence-corrected chi connectivity index (χ3v) is 12.4. The molecule has 5 rings (SSSR count). The van der Waals surface area contributed by atoms with Crippen LogP contribution in [0.4, 0.5) is 0 Å². The van der Waals surface area contributed by atoms with Crippen molar-refractivity contribution in [2.45, 2.75) is 99.4 Å². The molecule has 4 fully saturated rings. The highest BCUT2D eigenvalue weighted by atomic mass is 35.5. The van der Waals surface area contributed by atoms with E-state index >= 15 is 0 Å². The van der Waals surface area contributed by atoms with Crippen molar-refractivity contribution in [3.8, 4) is 0 Å². The molecule has 0 bridgehead atoms. The summed E-state index contributed by atoms with van der Waals surface area (Å²) in [4.78, 5) is 2.12. The molecule has 7 unspecified atom stereocenters. The molecular weight excluding hydrogens is 572 g/mol. The topological polar surface area (TPSA) is 124 Å². The lowest BCUT2D eigenvalue weighted by molar-refractivity contribution is -0.572. The maximum absolute atomic E-state index is 11.5. The van der Waals surface area contributed by atoms with Gasteiger partial charge in [0.1, 0.15) is 12.6 Å². The van der Waals surface area contributed by atoms with Gasteiger partial charge in [0.15, 0.2) is 11.9 Å². The molecule has 2 heterocycles. The van der Waals surface area contributed by atoms with Gasteiger partial charge in [-0.15, -0.1) is 11.6 Å². The van der Waals surface area contributed by atoms with Gasteiger partial charge in [0.05, 0.1) is 28.9 Å². The number of halogens is 1. The minimum atomic E-state index is -4.05. The maximum Gasteiger partial charge on any atom is 0.265 e. The zero-order valence-electron chi connectivity index (χ0n) is 21.7. The van der Waals surface area contributed by atoms with Crippen LogP contribution in [0.3, 0.4) is 0 Å². The molecular formula is C25H40ClN2O7S3+. The van der Waals surface area contributed by atoms with Crippen molar-refractivity contribution >= 4 is 48.6 Å². The summed E-state index contributed by atoms with van der Waals surface area (Å²) in [6.45, 7) is 0.990. The summed E-state index contributed by atoms with van der Waals surface area (Å²) in [5.74, 6) is 1.44. The molecule has 216 valence electrons. The lowest BCUT2D eigenvalue weighted by atomic mass is 9.68. The molecule has 38 heavy (non-hydrogen) atoms. The van der Waals surface area contributed by atoms with Crippen LogP contribution in [0.25, 0.3) is 0 Å². The Bertz CT molecular complexity index is 1160. The van der Waals surface area contributed by atoms with Crippen LogP contribution < -0.4 is 0 Å². The van der Waals surface area contributed by atoms with Gasteiger partial charge in [-0.25, -0.2) is 4.58 Å². The number of thioether (sulfide) groups is 1. The van der Waals surface area contributed by atoms with Crippen LogP contribution in [0.2, 0.25) is 0 Å². The van der Waals surface area contributed by atoms with Crippen LogP contribution in [0.5, 0.6) is 0 Å². The summed E-state index contributed by atoms with van der Waals surface area (Å²) in [5.41, 5.74) is 0. The molecule has 13 heteroatoms. The molecule has 0 spiro atoms. The second kappa shape index (κ2) is 11.8. The molecule has 1 saturated heterocycles. The SMILES string of the molecule is O=S(=O)(O)CCCN1C(=CC2=[N+](CCCS(=O)(=O)O)C3C(CCC4CCCCC43)S2)OC2CCC(Cl)CC21. The van der Waals surface area contributed by atoms with E-state index in [4.69, 9.17) is 16.3 Å². The summed E-state index contributed by atoms with van der Waals surface area (Å²) in [6.07, 6.45) is 12.5. The minimum absolute atomic E-state index is 0.00743. The molecule has 7 atom stereocenters. The minimum Gasteiger partial charge on any atom is -0.473 e. The summed E-state index contributed by atoms with van der Waals surface area (Å²) >= 11 is 8.37. The molecule has 5 aliphatic rings. The first-order valence-electron chi connectivity index (χ1n) is 14.0. The normalized spacial score (nSPS) is 36.7. The zero-order chi connectivity index (χ0) is 27.1. The van der Waals surface area contributed by atoms with Crippen molar-refractivity contribution in [1.29, 1.82) is 0 Å². The average molecular weight is 612 g/mol. The van der Waals surface area contributed by atoms with Gasteiger partial charge < -0.3 is 9.64 Å². The van der Waals surface area contributed by atoms with Crippen molar-refractivity contribution in [3.05, 3.63) is 12.0 Å². The Kier molecular flexibility index (Phi) is 8.97. The lowest BCUT2D eigenvalue weighted by Crippen LogP contribution is -2.46. The molecule has 0 aromatic carbocycles. The van der Waals surface area contributed by atoms with Gasteiger partial charge in [0.25, 0.3) is 20.2 Å². The van der Waals surface area contributed by atoms with Gasteiger partial charge >= 0.3 is 0 Å². The van der Waals surface area contributed by atoms with E-state index in [1.54, 1.807) is 0 Å². The fraction of sp³-hybridized carbons (Fsp3) is 0.880. The largest absolute Gasteiger partial charge is 0.473 e. The van der Waals surface area contributed by atoms with E-state index in [2.05, 4.69) is 15.6 Å². The molecule has 3 aliphatic carbocycles. The molecule has 9 nitrogen and oxygen atoms in total. The molecule has 0 amide bonds. The first-order valence-corrected chi connectivity index (χ1v) is 18.5. The summed E-state index contributed by atoms with van der Waals surface area (Å²) < 4.78 is 73.1. The van der Waals surface area contributed by atoms with Crippen LogP contribution in [0.1, 0.15) is 70.6 Å². The Hall–Kier alpha value is -0.530. The Morgan fingerprint density at radius 1 is 1.00 bits per heavy atom. The predicted molar refractivity (Wildman–Crippen MR) is 149 cm³/mol. The smallest absolute Gasteiger partial charge is 0.265 e. The molecule has 0 aromatic rings. The number of ether oxygens (including phenoxy) is 1. The molecule has 0 aromatic heterocycles. The highest BCUT2D eigenvalue weighted by Crippen LogP contribution is 2.49. The van der Waals surface area contributed by atoms with E-state index in [0.717, 1.165) is 30.7 Å². The van der Waals surface area contributed by atoms with E-state index < -0.39 is 20.2 Å². The first-order chi connectivity index (χ1) is 18.0. The van der Waals surface area contributed by atoms with E-state index in [1.807, 2.05) is 11.8 Å². The van der Waals surface area contributed by atoms with E-state index in [9.17, 15) is 25.9 Å². The van der Waals surface area contributed by atoms with Gasteiger partial charge in [0, 0.05) is 24.3 Å².